The Morgan fingerprint density at radius 1 is 1.22 bits per heavy atom. The van der Waals surface area contributed by atoms with E-state index in [-0.39, 0.29) is 5.78 Å². The SMILES string of the molecule is CC(OC(=O)c1cc2c(s1)CCCC2)C(=O)c1cccc(Cl)c1. The first-order valence-electron chi connectivity index (χ1n) is 7.67. The van der Waals surface area contributed by atoms with Gasteiger partial charge >= 0.3 is 5.97 Å². The summed E-state index contributed by atoms with van der Waals surface area (Å²) in [6, 6.07) is 8.57. The Bertz CT molecular complexity index is 727. The first-order valence-corrected chi connectivity index (χ1v) is 8.86. The summed E-state index contributed by atoms with van der Waals surface area (Å²) in [5, 5.41) is 0.486. The van der Waals surface area contributed by atoms with Crippen LogP contribution in [0.25, 0.3) is 0 Å². The first kappa shape index (κ1) is 16.2. The summed E-state index contributed by atoms with van der Waals surface area (Å²) in [6.45, 7) is 1.59. The van der Waals surface area contributed by atoms with Crippen molar-refractivity contribution in [1.82, 2.24) is 0 Å². The number of fused-ring (bicyclic) bond motifs is 1. The van der Waals surface area contributed by atoms with Gasteiger partial charge in [0.15, 0.2) is 6.10 Å². The summed E-state index contributed by atoms with van der Waals surface area (Å²) in [4.78, 5) is 26.5. The Labute approximate surface area is 144 Å². The lowest BCUT2D eigenvalue weighted by Gasteiger charge is -2.11. The highest BCUT2D eigenvalue weighted by Gasteiger charge is 2.23. The number of rotatable bonds is 4. The molecule has 1 aliphatic carbocycles. The van der Waals surface area contributed by atoms with Gasteiger partial charge < -0.3 is 4.74 Å². The van der Waals surface area contributed by atoms with E-state index in [9.17, 15) is 9.59 Å². The molecule has 0 amide bonds. The number of ether oxygens (including phenoxy) is 1. The van der Waals surface area contributed by atoms with Crippen molar-refractivity contribution in [3.05, 3.63) is 56.2 Å². The van der Waals surface area contributed by atoms with E-state index in [4.69, 9.17) is 16.3 Å². The Balaban J connectivity index is 1.69. The quantitative estimate of drug-likeness (QED) is 0.593. The standard InChI is InChI=1S/C18H17ClO3S/c1-11(17(20)13-6-4-7-14(19)9-13)22-18(21)16-10-12-5-2-3-8-15(12)23-16/h4,6-7,9-11H,2-3,5,8H2,1H3. The summed E-state index contributed by atoms with van der Waals surface area (Å²) in [6.07, 6.45) is 3.56. The molecule has 1 aromatic heterocycles. The summed E-state index contributed by atoms with van der Waals surface area (Å²) in [7, 11) is 0. The molecule has 1 aromatic carbocycles. The molecule has 0 spiro atoms. The highest BCUT2D eigenvalue weighted by molar-refractivity contribution is 7.14. The highest BCUT2D eigenvalue weighted by Crippen LogP contribution is 2.30. The molecule has 0 aliphatic heterocycles. The van der Waals surface area contributed by atoms with Crippen LogP contribution in [0.3, 0.4) is 0 Å². The largest absolute Gasteiger partial charge is 0.450 e. The average Bonchev–Trinajstić information content (AvgIpc) is 2.98. The smallest absolute Gasteiger partial charge is 0.349 e. The average molecular weight is 349 g/mol. The van der Waals surface area contributed by atoms with Crippen molar-refractivity contribution < 1.29 is 14.3 Å². The van der Waals surface area contributed by atoms with Crippen LogP contribution in [-0.2, 0) is 17.6 Å². The van der Waals surface area contributed by atoms with Crippen LogP contribution in [0.4, 0.5) is 0 Å². The lowest BCUT2D eigenvalue weighted by Crippen LogP contribution is -2.24. The maximum atomic E-state index is 12.3. The molecule has 0 N–H and O–H groups in total. The highest BCUT2D eigenvalue weighted by atomic mass is 35.5. The van der Waals surface area contributed by atoms with Crippen LogP contribution in [0.5, 0.6) is 0 Å². The molecule has 3 nitrogen and oxygen atoms in total. The monoisotopic (exact) mass is 348 g/mol. The van der Waals surface area contributed by atoms with E-state index in [0.29, 0.717) is 15.5 Å². The zero-order valence-corrected chi connectivity index (χ0v) is 14.4. The fourth-order valence-corrected chi connectivity index (χ4v) is 4.07. The van der Waals surface area contributed by atoms with Crippen molar-refractivity contribution >= 4 is 34.7 Å². The molecule has 1 heterocycles. The summed E-state index contributed by atoms with van der Waals surface area (Å²) < 4.78 is 5.35. The predicted octanol–water partition coefficient (Wildman–Crippen LogP) is 4.71. The number of benzene rings is 1. The number of ketones is 1. The summed E-state index contributed by atoms with van der Waals surface area (Å²) in [5.74, 6) is -0.672. The van der Waals surface area contributed by atoms with Crippen LogP contribution in [0.1, 0.15) is 50.2 Å². The van der Waals surface area contributed by atoms with E-state index in [0.717, 1.165) is 12.8 Å². The zero-order valence-electron chi connectivity index (χ0n) is 12.8. The number of hydrogen-bond donors (Lipinski definition) is 0. The van der Waals surface area contributed by atoms with E-state index in [1.165, 1.54) is 34.6 Å². The Morgan fingerprint density at radius 2 is 2.00 bits per heavy atom. The van der Waals surface area contributed by atoms with Crippen molar-refractivity contribution in [1.29, 1.82) is 0 Å². The van der Waals surface area contributed by atoms with E-state index < -0.39 is 12.1 Å². The number of halogens is 1. The Kier molecular flexibility index (Phi) is 4.83. The van der Waals surface area contributed by atoms with Gasteiger partial charge in [-0.1, -0.05) is 23.7 Å². The fourth-order valence-electron chi connectivity index (χ4n) is 2.74. The maximum absolute atomic E-state index is 12.3. The van der Waals surface area contributed by atoms with Gasteiger partial charge in [0.1, 0.15) is 4.88 Å². The van der Waals surface area contributed by atoms with Gasteiger partial charge in [0.25, 0.3) is 0 Å². The van der Waals surface area contributed by atoms with Gasteiger partial charge in [-0.05, 0) is 56.4 Å². The van der Waals surface area contributed by atoms with Crippen molar-refractivity contribution in [2.45, 2.75) is 38.7 Å². The molecule has 1 aliphatic rings. The second-order valence-corrected chi connectivity index (χ2v) is 7.26. The lowest BCUT2D eigenvalue weighted by molar-refractivity contribution is 0.0323. The fraction of sp³-hybridized carbons (Fsp3) is 0.333. The molecule has 0 bridgehead atoms. The van der Waals surface area contributed by atoms with E-state index in [1.54, 1.807) is 31.2 Å². The molecule has 1 unspecified atom stereocenters. The van der Waals surface area contributed by atoms with Crippen LogP contribution >= 0.6 is 22.9 Å². The molecule has 120 valence electrons. The van der Waals surface area contributed by atoms with Crippen LogP contribution in [0, 0.1) is 0 Å². The second kappa shape index (κ2) is 6.85. The van der Waals surface area contributed by atoms with Gasteiger partial charge in [-0.2, -0.15) is 0 Å². The molecule has 0 saturated carbocycles. The van der Waals surface area contributed by atoms with E-state index in [1.807, 2.05) is 6.07 Å². The molecular formula is C18H17ClO3S. The molecule has 23 heavy (non-hydrogen) atoms. The number of esters is 1. The molecule has 5 heteroatoms. The first-order chi connectivity index (χ1) is 11.0. The second-order valence-electron chi connectivity index (χ2n) is 5.69. The molecule has 1 atom stereocenters. The topological polar surface area (TPSA) is 43.4 Å². The number of Topliss-reactive ketones (excluding diaryl/α,β-unsaturated/α-hetero) is 1. The number of carbonyl (C=O) groups is 2. The van der Waals surface area contributed by atoms with Gasteiger partial charge in [-0.15, -0.1) is 11.3 Å². The van der Waals surface area contributed by atoms with Gasteiger partial charge in [0.2, 0.25) is 5.78 Å². The van der Waals surface area contributed by atoms with Crippen molar-refractivity contribution in [2.75, 3.05) is 0 Å². The van der Waals surface area contributed by atoms with Crippen LogP contribution in [0.2, 0.25) is 5.02 Å². The third-order valence-corrected chi connectivity index (χ3v) is 5.41. The lowest BCUT2D eigenvalue weighted by atomic mass is 9.99. The summed E-state index contributed by atoms with van der Waals surface area (Å²) >= 11 is 7.38. The van der Waals surface area contributed by atoms with E-state index >= 15 is 0 Å². The van der Waals surface area contributed by atoms with Crippen molar-refractivity contribution in [3.8, 4) is 0 Å². The molecule has 0 fully saturated rings. The van der Waals surface area contributed by atoms with Crippen LogP contribution in [0.15, 0.2) is 30.3 Å². The van der Waals surface area contributed by atoms with E-state index in [2.05, 4.69) is 0 Å². The molecule has 0 radical (unpaired) electrons. The number of thiophene rings is 1. The minimum atomic E-state index is -0.833. The van der Waals surface area contributed by atoms with Crippen LogP contribution < -0.4 is 0 Å². The minimum Gasteiger partial charge on any atom is -0.450 e. The molecule has 0 saturated heterocycles. The molecular weight excluding hydrogens is 332 g/mol. The van der Waals surface area contributed by atoms with Gasteiger partial charge in [-0.25, -0.2) is 4.79 Å². The van der Waals surface area contributed by atoms with Gasteiger partial charge in [0, 0.05) is 15.5 Å². The Hall–Kier alpha value is -1.65. The predicted molar refractivity (Wildman–Crippen MR) is 91.6 cm³/mol. The van der Waals surface area contributed by atoms with Gasteiger partial charge in [-0.3, -0.25) is 4.79 Å². The number of hydrogen-bond acceptors (Lipinski definition) is 4. The third kappa shape index (κ3) is 3.65. The molecule has 2 aromatic rings. The summed E-state index contributed by atoms with van der Waals surface area (Å²) in [5.41, 5.74) is 1.70. The molecule has 3 rings (SSSR count). The maximum Gasteiger partial charge on any atom is 0.349 e. The zero-order chi connectivity index (χ0) is 16.4. The number of carbonyl (C=O) groups excluding carboxylic acids is 2. The minimum absolute atomic E-state index is 0.248. The Morgan fingerprint density at radius 3 is 2.74 bits per heavy atom. The normalized spacial score (nSPS) is 14.9. The van der Waals surface area contributed by atoms with Crippen molar-refractivity contribution in [3.63, 3.8) is 0 Å². The van der Waals surface area contributed by atoms with Crippen LogP contribution in [-0.4, -0.2) is 17.9 Å². The third-order valence-electron chi connectivity index (χ3n) is 3.96. The number of aryl methyl sites for hydroxylation is 2. The van der Waals surface area contributed by atoms with Crippen molar-refractivity contribution in [2.24, 2.45) is 0 Å². The van der Waals surface area contributed by atoms with Gasteiger partial charge in [0.05, 0.1) is 0 Å².